The maximum Gasteiger partial charge on any atom is 0.287 e. The second kappa shape index (κ2) is 7.38. The van der Waals surface area contributed by atoms with E-state index in [0.29, 0.717) is 5.58 Å². The normalized spacial score (nSPS) is 11.6. The molecule has 130 valence electrons. The van der Waals surface area contributed by atoms with E-state index in [0.717, 1.165) is 9.86 Å². The van der Waals surface area contributed by atoms with Gasteiger partial charge in [0.1, 0.15) is 5.58 Å². The van der Waals surface area contributed by atoms with Gasteiger partial charge in [-0.15, -0.1) is 0 Å². The van der Waals surface area contributed by atoms with Gasteiger partial charge >= 0.3 is 0 Å². The lowest BCUT2D eigenvalue weighted by atomic mass is 10.2. The zero-order valence-corrected chi connectivity index (χ0v) is 15.4. The Hall–Kier alpha value is -2.16. The molecule has 1 aromatic heterocycles. The van der Waals surface area contributed by atoms with Crippen LogP contribution in [0.15, 0.2) is 68.4 Å². The maximum absolute atomic E-state index is 12.1. The van der Waals surface area contributed by atoms with Gasteiger partial charge in [0.2, 0.25) is 10.0 Å². The monoisotopic (exact) mass is 422 g/mol. The van der Waals surface area contributed by atoms with Crippen LogP contribution in [0.2, 0.25) is 0 Å². The minimum absolute atomic E-state index is 0.0763. The Labute approximate surface area is 153 Å². The van der Waals surface area contributed by atoms with Gasteiger partial charge in [0.05, 0.1) is 9.37 Å². The van der Waals surface area contributed by atoms with Gasteiger partial charge in [0.25, 0.3) is 5.91 Å². The molecule has 0 aliphatic carbocycles. The van der Waals surface area contributed by atoms with Crippen molar-refractivity contribution in [3.63, 3.8) is 0 Å². The molecule has 0 aliphatic heterocycles. The van der Waals surface area contributed by atoms with E-state index < -0.39 is 15.9 Å². The predicted molar refractivity (Wildman–Crippen MR) is 97.9 cm³/mol. The first-order valence-corrected chi connectivity index (χ1v) is 9.76. The molecular weight excluding hydrogens is 408 g/mol. The van der Waals surface area contributed by atoms with Crippen LogP contribution in [0.3, 0.4) is 0 Å². The number of fused-ring (bicyclic) bond motifs is 1. The summed E-state index contributed by atoms with van der Waals surface area (Å²) in [6.07, 6.45) is 0. The van der Waals surface area contributed by atoms with Crippen LogP contribution in [0.4, 0.5) is 0 Å². The number of furan rings is 1. The van der Waals surface area contributed by atoms with E-state index >= 15 is 0 Å². The largest absolute Gasteiger partial charge is 0.450 e. The number of carbonyl (C=O) groups excluding carboxylic acids is 1. The second-order valence-electron chi connectivity index (χ2n) is 5.24. The fourth-order valence-corrected chi connectivity index (χ4v) is 3.79. The summed E-state index contributed by atoms with van der Waals surface area (Å²) >= 11 is 3.37. The molecule has 25 heavy (non-hydrogen) atoms. The summed E-state index contributed by atoms with van der Waals surface area (Å²) in [5, 5.41) is 3.44. The molecule has 0 bridgehead atoms. The van der Waals surface area contributed by atoms with E-state index in [-0.39, 0.29) is 23.7 Å². The number of benzene rings is 2. The molecule has 6 nitrogen and oxygen atoms in total. The van der Waals surface area contributed by atoms with E-state index in [9.17, 15) is 13.2 Å². The number of hydrogen-bond acceptors (Lipinski definition) is 4. The molecule has 1 heterocycles. The third-order valence-electron chi connectivity index (χ3n) is 3.48. The predicted octanol–water partition coefficient (Wildman–Crippen LogP) is 2.90. The lowest BCUT2D eigenvalue weighted by Gasteiger charge is -2.07. The number of nitrogens with one attached hydrogen (secondary N) is 2. The quantitative estimate of drug-likeness (QED) is 0.597. The third kappa shape index (κ3) is 4.09. The third-order valence-corrected chi connectivity index (χ3v) is 5.58. The maximum atomic E-state index is 12.1. The van der Waals surface area contributed by atoms with Gasteiger partial charge in [-0.1, -0.05) is 30.3 Å². The summed E-state index contributed by atoms with van der Waals surface area (Å²) < 4.78 is 32.8. The number of sulfonamides is 1. The zero-order chi connectivity index (χ0) is 17.9. The average Bonchev–Trinajstić information content (AvgIpc) is 3.05. The van der Waals surface area contributed by atoms with Crippen LogP contribution in [0.1, 0.15) is 10.6 Å². The van der Waals surface area contributed by atoms with E-state index in [4.69, 9.17) is 4.42 Å². The molecule has 2 N–H and O–H groups in total. The van der Waals surface area contributed by atoms with Crippen molar-refractivity contribution in [1.82, 2.24) is 10.0 Å². The van der Waals surface area contributed by atoms with Crippen LogP contribution in [0, 0.1) is 0 Å². The highest BCUT2D eigenvalue weighted by Gasteiger charge is 2.15. The van der Waals surface area contributed by atoms with E-state index in [1.807, 2.05) is 18.2 Å². The Bertz CT molecular complexity index is 1000. The molecule has 0 aliphatic rings. The molecule has 3 aromatic rings. The van der Waals surface area contributed by atoms with Crippen molar-refractivity contribution in [2.45, 2.75) is 4.90 Å². The molecule has 0 fully saturated rings. The summed E-state index contributed by atoms with van der Waals surface area (Å²) in [7, 11) is -3.58. The lowest BCUT2D eigenvalue weighted by molar-refractivity contribution is 0.0929. The minimum Gasteiger partial charge on any atom is -0.450 e. The Kier molecular flexibility index (Phi) is 5.22. The smallest absolute Gasteiger partial charge is 0.287 e. The van der Waals surface area contributed by atoms with Crippen LogP contribution in [-0.4, -0.2) is 27.4 Å². The van der Waals surface area contributed by atoms with E-state index in [1.54, 1.807) is 24.3 Å². The summed E-state index contributed by atoms with van der Waals surface area (Å²) in [4.78, 5) is 12.3. The zero-order valence-electron chi connectivity index (χ0n) is 13.0. The Morgan fingerprint density at radius 1 is 1.04 bits per heavy atom. The molecule has 0 saturated carbocycles. The first kappa shape index (κ1) is 17.7. The molecule has 3 rings (SSSR count). The van der Waals surface area contributed by atoms with Crippen molar-refractivity contribution in [2.75, 3.05) is 13.1 Å². The first-order chi connectivity index (χ1) is 12.0. The van der Waals surface area contributed by atoms with Gasteiger partial charge < -0.3 is 9.73 Å². The molecule has 0 unspecified atom stereocenters. The number of amides is 1. The van der Waals surface area contributed by atoms with Gasteiger partial charge in [-0.3, -0.25) is 4.79 Å². The van der Waals surface area contributed by atoms with Crippen molar-refractivity contribution in [3.05, 3.63) is 64.8 Å². The highest BCUT2D eigenvalue weighted by atomic mass is 79.9. The molecule has 8 heteroatoms. The summed E-state index contributed by atoms with van der Waals surface area (Å²) in [5.74, 6) is -0.227. The molecule has 0 radical (unpaired) electrons. The fraction of sp³-hybridized carbons (Fsp3) is 0.118. The number of carbonyl (C=O) groups is 1. The van der Waals surface area contributed by atoms with Gasteiger partial charge in [-0.2, -0.15) is 0 Å². The number of halogens is 1. The molecule has 2 aromatic carbocycles. The van der Waals surface area contributed by atoms with Gasteiger partial charge in [0.15, 0.2) is 5.76 Å². The number of para-hydroxylation sites is 1. The van der Waals surface area contributed by atoms with E-state index in [1.165, 1.54) is 12.1 Å². The Morgan fingerprint density at radius 2 is 1.80 bits per heavy atom. The molecular formula is C17H15BrN2O4S. The van der Waals surface area contributed by atoms with Crippen molar-refractivity contribution in [1.29, 1.82) is 0 Å². The topological polar surface area (TPSA) is 88.4 Å². The molecule has 0 spiro atoms. The standard InChI is InChI=1S/C17H15BrN2O4S/c18-14-8-4-5-12-11-15(24-16(12)14)17(21)19-9-10-20-25(22,23)13-6-2-1-3-7-13/h1-8,11,20H,9-10H2,(H,19,21). The second-order valence-corrected chi connectivity index (χ2v) is 7.86. The van der Waals surface area contributed by atoms with Crippen molar-refractivity contribution < 1.29 is 17.6 Å². The lowest BCUT2D eigenvalue weighted by Crippen LogP contribution is -2.34. The average molecular weight is 423 g/mol. The highest BCUT2D eigenvalue weighted by molar-refractivity contribution is 9.10. The Morgan fingerprint density at radius 3 is 2.52 bits per heavy atom. The summed E-state index contributed by atoms with van der Waals surface area (Å²) in [6.45, 7) is 0.218. The molecule has 0 atom stereocenters. The van der Waals surface area contributed by atoms with Gasteiger partial charge in [-0.25, -0.2) is 13.1 Å². The SMILES string of the molecule is O=C(NCCNS(=O)(=O)c1ccccc1)c1cc2cccc(Br)c2o1. The van der Waals surface area contributed by atoms with Crippen LogP contribution in [0.5, 0.6) is 0 Å². The van der Waals surface area contributed by atoms with E-state index in [2.05, 4.69) is 26.0 Å². The van der Waals surface area contributed by atoms with Crippen LogP contribution < -0.4 is 10.0 Å². The summed E-state index contributed by atoms with van der Waals surface area (Å²) in [5.41, 5.74) is 0.595. The van der Waals surface area contributed by atoms with Gasteiger partial charge in [-0.05, 0) is 40.2 Å². The first-order valence-electron chi connectivity index (χ1n) is 7.48. The van der Waals surface area contributed by atoms with Crippen molar-refractivity contribution in [3.8, 4) is 0 Å². The minimum atomic E-state index is -3.58. The van der Waals surface area contributed by atoms with Crippen molar-refractivity contribution in [2.24, 2.45) is 0 Å². The van der Waals surface area contributed by atoms with Crippen LogP contribution in [0.25, 0.3) is 11.0 Å². The number of hydrogen-bond donors (Lipinski definition) is 2. The van der Waals surface area contributed by atoms with Gasteiger partial charge in [0, 0.05) is 18.5 Å². The Balaban J connectivity index is 1.56. The molecule has 1 amide bonds. The van der Waals surface area contributed by atoms with Crippen LogP contribution in [-0.2, 0) is 10.0 Å². The van der Waals surface area contributed by atoms with Crippen molar-refractivity contribution >= 4 is 42.8 Å². The molecule has 0 saturated heterocycles. The summed E-state index contributed by atoms with van der Waals surface area (Å²) in [6, 6.07) is 15.2. The number of rotatable bonds is 6. The van der Waals surface area contributed by atoms with Crippen LogP contribution >= 0.6 is 15.9 Å². The highest BCUT2D eigenvalue weighted by Crippen LogP contribution is 2.26. The fourth-order valence-electron chi connectivity index (χ4n) is 2.27.